The fraction of sp³-hybridized carbons (Fsp3) is 0.280. The topological polar surface area (TPSA) is 107 Å². The Bertz CT molecular complexity index is 1240. The summed E-state index contributed by atoms with van der Waals surface area (Å²) in [5, 5.41) is 16.0. The Hall–Kier alpha value is -3.36. The molecule has 8 nitrogen and oxygen atoms in total. The van der Waals surface area contributed by atoms with E-state index in [1.807, 2.05) is 24.3 Å². The van der Waals surface area contributed by atoms with Crippen molar-refractivity contribution in [1.29, 1.82) is 0 Å². The van der Waals surface area contributed by atoms with E-state index in [2.05, 4.69) is 20.5 Å². The lowest BCUT2D eigenvalue weighted by Gasteiger charge is -2.22. The number of anilines is 3. The number of aliphatic carboxylic acids is 1. The van der Waals surface area contributed by atoms with Crippen LogP contribution in [0.3, 0.4) is 0 Å². The monoisotopic (exact) mass is 513 g/mol. The first-order valence-corrected chi connectivity index (χ1v) is 12.0. The molecule has 0 aliphatic carbocycles. The Labute approximate surface area is 213 Å². The highest BCUT2D eigenvalue weighted by Crippen LogP contribution is 2.29. The second kappa shape index (κ2) is 10.9. The van der Waals surface area contributed by atoms with Crippen molar-refractivity contribution in [3.05, 3.63) is 75.0 Å². The number of halogens is 2. The van der Waals surface area contributed by atoms with E-state index < -0.39 is 5.97 Å². The fourth-order valence-corrected chi connectivity index (χ4v) is 4.33. The molecule has 0 saturated carbocycles. The summed E-state index contributed by atoms with van der Waals surface area (Å²) in [6, 6.07) is 12.1. The number of amides is 1. The van der Waals surface area contributed by atoms with Gasteiger partial charge in [0, 0.05) is 43.4 Å². The van der Waals surface area contributed by atoms with Gasteiger partial charge in [0.2, 0.25) is 0 Å². The van der Waals surface area contributed by atoms with E-state index >= 15 is 0 Å². The summed E-state index contributed by atoms with van der Waals surface area (Å²) in [5.74, 6) is 0.604. The van der Waals surface area contributed by atoms with Crippen LogP contribution in [0.15, 0.2) is 42.5 Å². The molecule has 0 atom stereocenters. The number of hydrogen-bond donors (Lipinski definition) is 3. The van der Waals surface area contributed by atoms with Crippen LogP contribution in [0, 0.1) is 0 Å². The van der Waals surface area contributed by atoms with Gasteiger partial charge in [-0.2, -0.15) is 0 Å². The van der Waals surface area contributed by atoms with E-state index in [1.54, 1.807) is 19.2 Å². The molecule has 3 N–H and O–H groups in total. The molecule has 182 valence electrons. The molecule has 1 saturated heterocycles. The Morgan fingerprint density at radius 3 is 2.37 bits per heavy atom. The van der Waals surface area contributed by atoms with Gasteiger partial charge >= 0.3 is 5.97 Å². The predicted molar refractivity (Wildman–Crippen MR) is 138 cm³/mol. The standard InChI is InChI=1S/C25H25Cl2N5O3/c1-28-23-18(14-22(33)34)24(32-10-2-3-11-32)31-21(30-23)12-15-4-7-17(8-5-15)29-25(35)16-6-9-19(26)20(27)13-16/h4-9,13H,2-3,10-12,14H2,1H3,(H,29,35)(H,33,34)(H,28,30,31). The molecule has 1 aliphatic rings. The predicted octanol–water partition coefficient (Wildman–Crippen LogP) is 4.90. The molecule has 10 heteroatoms. The number of rotatable bonds is 8. The minimum Gasteiger partial charge on any atom is -0.481 e. The van der Waals surface area contributed by atoms with Gasteiger partial charge in [0.15, 0.2) is 0 Å². The van der Waals surface area contributed by atoms with Gasteiger partial charge in [0.25, 0.3) is 5.91 Å². The van der Waals surface area contributed by atoms with Gasteiger partial charge in [-0.3, -0.25) is 9.59 Å². The Balaban J connectivity index is 1.52. The molecular formula is C25H25Cl2N5O3. The lowest BCUT2D eigenvalue weighted by Crippen LogP contribution is -2.24. The summed E-state index contributed by atoms with van der Waals surface area (Å²) in [5.41, 5.74) is 2.60. The molecule has 0 unspecified atom stereocenters. The number of aromatic nitrogens is 2. The van der Waals surface area contributed by atoms with Gasteiger partial charge < -0.3 is 20.6 Å². The van der Waals surface area contributed by atoms with Crippen molar-refractivity contribution in [1.82, 2.24) is 9.97 Å². The molecule has 1 amide bonds. The van der Waals surface area contributed by atoms with Gasteiger partial charge in [-0.05, 0) is 48.7 Å². The first kappa shape index (κ1) is 24.8. The molecule has 1 fully saturated rings. The van der Waals surface area contributed by atoms with Crippen molar-refractivity contribution in [3.8, 4) is 0 Å². The Morgan fingerprint density at radius 2 is 1.74 bits per heavy atom. The molecular weight excluding hydrogens is 489 g/mol. The number of nitrogens with one attached hydrogen (secondary N) is 2. The largest absolute Gasteiger partial charge is 0.481 e. The van der Waals surface area contributed by atoms with E-state index in [-0.39, 0.29) is 12.3 Å². The molecule has 35 heavy (non-hydrogen) atoms. The fourth-order valence-electron chi connectivity index (χ4n) is 4.04. The quantitative estimate of drug-likeness (QED) is 0.393. The van der Waals surface area contributed by atoms with Crippen molar-refractivity contribution in [2.75, 3.05) is 35.7 Å². The van der Waals surface area contributed by atoms with Crippen LogP contribution in [0.2, 0.25) is 10.0 Å². The van der Waals surface area contributed by atoms with Gasteiger partial charge in [-0.15, -0.1) is 0 Å². The maximum Gasteiger partial charge on any atom is 0.308 e. The summed E-state index contributed by atoms with van der Waals surface area (Å²) in [4.78, 5) is 35.5. The zero-order valence-corrected chi connectivity index (χ0v) is 20.7. The second-order valence-electron chi connectivity index (χ2n) is 8.26. The molecule has 2 heterocycles. The zero-order valence-electron chi connectivity index (χ0n) is 19.1. The molecule has 1 aromatic heterocycles. The maximum atomic E-state index is 12.5. The number of carbonyl (C=O) groups is 2. The molecule has 3 aromatic rings. The second-order valence-corrected chi connectivity index (χ2v) is 9.08. The lowest BCUT2D eigenvalue weighted by molar-refractivity contribution is -0.136. The number of nitrogens with zero attached hydrogens (tertiary/aromatic N) is 3. The average molecular weight is 514 g/mol. The number of carboxylic acid groups (broad SMARTS) is 1. The molecule has 0 spiro atoms. The molecule has 4 rings (SSSR count). The van der Waals surface area contributed by atoms with E-state index in [1.165, 1.54) is 6.07 Å². The van der Waals surface area contributed by atoms with Crippen molar-refractivity contribution >= 4 is 52.4 Å². The van der Waals surface area contributed by atoms with Crippen molar-refractivity contribution < 1.29 is 14.7 Å². The van der Waals surface area contributed by atoms with Gasteiger partial charge in [0.1, 0.15) is 17.5 Å². The van der Waals surface area contributed by atoms with E-state index in [9.17, 15) is 14.7 Å². The van der Waals surface area contributed by atoms with Gasteiger partial charge in [-0.25, -0.2) is 9.97 Å². The van der Waals surface area contributed by atoms with Crippen LogP contribution in [0.25, 0.3) is 0 Å². The summed E-state index contributed by atoms with van der Waals surface area (Å²) < 4.78 is 0. The van der Waals surface area contributed by atoms with Gasteiger partial charge in [-0.1, -0.05) is 35.3 Å². The normalized spacial score (nSPS) is 13.1. The van der Waals surface area contributed by atoms with E-state index in [4.69, 9.17) is 28.2 Å². The van der Waals surface area contributed by atoms with Crippen LogP contribution in [0.5, 0.6) is 0 Å². The van der Waals surface area contributed by atoms with Crippen LogP contribution in [-0.4, -0.2) is 47.1 Å². The zero-order chi connectivity index (χ0) is 24.9. The molecule has 1 aliphatic heterocycles. The molecule has 0 bridgehead atoms. The highest BCUT2D eigenvalue weighted by atomic mass is 35.5. The van der Waals surface area contributed by atoms with E-state index in [0.717, 1.165) is 31.5 Å². The van der Waals surface area contributed by atoms with E-state index in [0.29, 0.717) is 50.7 Å². The minimum atomic E-state index is -0.920. The maximum absolute atomic E-state index is 12.5. The van der Waals surface area contributed by atoms with Crippen LogP contribution in [0.1, 0.15) is 40.2 Å². The number of hydrogen-bond acceptors (Lipinski definition) is 6. The molecule has 0 radical (unpaired) electrons. The molecule has 2 aromatic carbocycles. The Kier molecular flexibility index (Phi) is 7.73. The highest BCUT2D eigenvalue weighted by Gasteiger charge is 2.23. The summed E-state index contributed by atoms with van der Waals surface area (Å²) >= 11 is 11.9. The van der Waals surface area contributed by atoms with Crippen molar-refractivity contribution in [2.24, 2.45) is 0 Å². The third-order valence-corrected chi connectivity index (χ3v) is 6.50. The van der Waals surface area contributed by atoms with Gasteiger partial charge in [0.05, 0.1) is 16.5 Å². The smallest absolute Gasteiger partial charge is 0.308 e. The number of benzene rings is 2. The first-order chi connectivity index (χ1) is 16.8. The lowest BCUT2D eigenvalue weighted by atomic mass is 10.1. The minimum absolute atomic E-state index is 0.143. The average Bonchev–Trinajstić information content (AvgIpc) is 3.37. The van der Waals surface area contributed by atoms with Crippen LogP contribution < -0.4 is 15.5 Å². The van der Waals surface area contributed by atoms with Crippen LogP contribution in [-0.2, 0) is 17.6 Å². The van der Waals surface area contributed by atoms with Crippen LogP contribution in [0.4, 0.5) is 17.3 Å². The first-order valence-electron chi connectivity index (χ1n) is 11.2. The SMILES string of the molecule is CNc1nc(Cc2ccc(NC(=O)c3ccc(Cl)c(Cl)c3)cc2)nc(N2CCCC2)c1CC(=O)O. The highest BCUT2D eigenvalue weighted by molar-refractivity contribution is 6.42. The summed E-state index contributed by atoms with van der Waals surface area (Å²) in [7, 11) is 1.73. The number of carboxylic acids is 1. The van der Waals surface area contributed by atoms with Crippen molar-refractivity contribution in [3.63, 3.8) is 0 Å². The van der Waals surface area contributed by atoms with Crippen LogP contribution >= 0.6 is 23.2 Å². The summed E-state index contributed by atoms with van der Waals surface area (Å²) in [6.07, 6.45) is 2.42. The Morgan fingerprint density at radius 1 is 1.03 bits per heavy atom. The third kappa shape index (κ3) is 6.01. The number of carbonyl (C=O) groups excluding carboxylic acids is 1. The van der Waals surface area contributed by atoms with Crippen molar-refractivity contribution in [2.45, 2.75) is 25.7 Å². The third-order valence-electron chi connectivity index (χ3n) is 5.76. The summed E-state index contributed by atoms with van der Waals surface area (Å²) in [6.45, 7) is 1.69.